The number of benzene rings is 1. The Labute approximate surface area is 121 Å². The van der Waals surface area contributed by atoms with Gasteiger partial charge in [-0.3, -0.25) is 4.79 Å². The number of imidazole rings is 1. The summed E-state index contributed by atoms with van der Waals surface area (Å²) in [6.07, 6.45) is 2.24. The molecule has 110 valence electrons. The first-order valence-electron chi connectivity index (χ1n) is 7.14. The second kappa shape index (κ2) is 5.20. The summed E-state index contributed by atoms with van der Waals surface area (Å²) in [5, 5.41) is 12.3. The molecule has 1 aliphatic rings. The number of amides is 1. The molecule has 2 N–H and O–H groups in total. The number of aromatic nitrogens is 2. The lowest BCUT2D eigenvalue weighted by molar-refractivity contribution is -0.125. The van der Waals surface area contributed by atoms with Gasteiger partial charge in [-0.25, -0.2) is 9.78 Å². The van der Waals surface area contributed by atoms with E-state index in [-0.39, 0.29) is 17.5 Å². The van der Waals surface area contributed by atoms with Crippen molar-refractivity contribution in [2.24, 2.45) is 0 Å². The zero-order valence-corrected chi connectivity index (χ0v) is 11.8. The predicted octanol–water partition coefficient (Wildman–Crippen LogP) is 1.75. The van der Waals surface area contributed by atoms with Crippen LogP contribution in [0, 0.1) is 0 Å². The molecule has 6 nitrogen and oxygen atoms in total. The molecular formula is C15H17N3O3. The van der Waals surface area contributed by atoms with Gasteiger partial charge >= 0.3 is 5.97 Å². The zero-order valence-electron chi connectivity index (χ0n) is 11.8. The van der Waals surface area contributed by atoms with E-state index in [4.69, 9.17) is 0 Å². The molecule has 1 atom stereocenters. The highest BCUT2D eigenvalue weighted by atomic mass is 16.4. The molecule has 1 aromatic heterocycles. The third-order valence-corrected chi connectivity index (χ3v) is 3.90. The molecule has 1 saturated heterocycles. The molecule has 6 heteroatoms. The summed E-state index contributed by atoms with van der Waals surface area (Å²) in [5.74, 6) is -0.309. The number of fused-ring (bicyclic) bond motifs is 1. The lowest BCUT2D eigenvalue weighted by Crippen LogP contribution is -2.38. The fourth-order valence-electron chi connectivity index (χ4n) is 2.96. The number of nitrogens with one attached hydrogen (secondary N) is 1. The summed E-state index contributed by atoms with van der Waals surface area (Å²) in [4.78, 5) is 28.2. The van der Waals surface area contributed by atoms with Gasteiger partial charge in [-0.05, 0) is 25.0 Å². The number of para-hydroxylation sites is 1. The van der Waals surface area contributed by atoms with Crippen molar-refractivity contribution in [2.75, 3.05) is 6.54 Å². The van der Waals surface area contributed by atoms with Crippen molar-refractivity contribution in [1.82, 2.24) is 14.9 Å². The quantitative estimate of drug-likeness (QED) is 0.900. The number of aromatic carboxylic acids is 1. The van der Waals surface area contributed by atoms with Gasteiger partial charge in [-0.15, -0.1) is 0 Å². The highest BCUT2D eigenvalue weighted by molar-refractivity contribution is 6.02. The fourth-order valence-corrected chi connectivity index (χ4v) is 2.96. The van der Waals surface area contributed by atoms with Crippen LogP contribution in [0.15, 0.2) is 18.2 Å². The maximum Gasteiger partial charge on any atom is 0.337 e. The van der Waals surface area contributed by atoms with Gasteiger partial charge in [0, 0.05) is 13.0 Å². The molecule has 0 radical (unpaired) electrons. The number of aryl methyl sites for hydroxylation is 1. The molecule has 1 unspecified atom stereocenters. The lowest BCUT2D eigenvalue weighted by Gasteiger charge is -2.25. The van der Waals surface area contributed by atoms with Gasteiger partial charge in [0.25, 0.3) is 0 Å². The Bertz CT molecular complexity index is 720. The second-order valence-electron chi connectivity index (χ2n) is 5.18. The number of carboxylic acid groups (broad SMARTS) is 1. The molecule has 1 amide bonds. The number of carbonyl (C=O) groups is 2. The van der Waals surface area contributed by atoms with Crippen molar-refractivity contribution in [1.29, 1.82) is 0 Å². The maximum absolute atomic E-state index is 12.2. The maximum atomic E-state index is 12.2. The first kappa shape index (κ1) is 13.6. The molecule has 3 rings (SSSR count). The minimum atomic E-state index is -0.999. The van der Waals surface area contributed by atoms with Crippen LogP contribution >= 0.6 is 0 Å². The summed E-state index contributed by atoms with van der Waals surface area (Å²) < 4.78 is 1.81. The second-order valence-corrected chi connectivity index (χ2v) is 5.18. The Morgan fingerprint density at radius 3 is 3.00 bits per heavy atom. The first-order valence-corrected chi connectivity index (χ1v) is 7.14. The fraction of sp³-hybridized carbons (Fsp3) is 0.400. The van der Waals surface area contributed by atoms with E-state index < -0.39 is 5.97 Å². The summed E-state index contributed by atoms with van der Waals surface area (Å²) in [6.45, 7) is 2.63. The summed E-state index contributed by atoms with van der Waals surface area (Å²) in [5.41, 5.74) is 1.37. The highest BCUT2D eigenvalue weighted by Gasteiger charge is 2.29. The number of carbonyl (C=O) groups excluding carboxylic acids is 1. The summed E-state index contributed by atoms with van der Waals surface area (Å²) in [7, 11) is 0. The first-order chi connectivity index (χ1) is 10.1. The molecular weight excluding hydrogens is 270 g/mol. The monoisotopic (exact) mass is 287 g/mol. The molecule has 21 heavy (non-hydrogen) atoms. The van der Waals surface area contributed by atoms with Crippen LogP contribution in [0.3, 0.4) is 0 Å². The van der Waals surface area contributed by atoms with E-state index in [1.165, 1.54) is 0 Å². The third-order valence-electron chi connectivity index (χ3n) is 3.90. The number of hydrogen-bond donors (Lipinski definition) is 2. The average Bonchev–Trinajstić information content (AvgIpc) is 2.86. The van der Waals surface area contributed by atoms with Crippen molar-refractivity contribution < 1.29 is 14.7 Å². The van der Waals surface area contributed by atoms with Crippen LogP contribution in [0.25, 0.3) is 11.0 Å². The minimum absolute atomic E-state index is 0.0598. The summed E-state index contributed by atoms with van der Waals surface area (Å²) in [6, 6.07) is 4.66. The molecule has 0 aliphatic carbocycles. The Hall–Kier alpha value is -2.37. The number of rotatable bonds is 3. The highest BCUT2D eigenvalue weighted by Crippen LogP contribution is 2.28. The van der Waals surface area contributed by atoms with E-state index in [0.29, 0.717) is 30.4 Å². The molecule has 0 bridgehead atoms. The van der Waals surface area contributed by atoms with E-state index in [1.54, 1.807) is 18.2 Å². The normalized spacial score (nSPS) is 18.7. The van der Waals surface area contributed by atoms with Gasteiger partial charge in [0.05, 0.1) is 16.6 Å². The van der Waals surface area contributed by atoms with Crippen LogP contribution in [0.1, 0.15) is 42.0 Å². The van der Waals surface area contributed by atoms with Gasteiger partial charge in [0.1, 0.15) is 11.9 Å². The van der Waals surface area contributed by atoms with E-state index in [9.17, 15) is 14.7 Å². The molecule has 2 aromatic rings. The van der Waals surface area contributed by atoms with Crippen LogP contribution in [0.4, 0.5) is 0 Å². The summed E-state index contributed by atoms with van der Waals surface area (Å²) >= 11 is 0. The largest absolute Gasteiger partial charge is 0.478 e. The van der Waals surface area contributed by atoms with E-state index >= 15 is 0 Å². The number of carboxylic acids is 1. The zero-order chi connectivity index (χ0) is 15.0. The Balaban J connectivity index is 2.28. The van der Waals surface area contributed by atoms with E-state index in [2.05, 4.69) is 10.3 Å². The molecule has 2 heterocycles. The van der Waals surface area contributed by atoms with Crippen LogP contribution in [0.5, 0.6) is 0 Å². The third kappa shape index (κ3) is 2.16. The number of hydrogen-bond acceptors (Lipinski definition) is 3. The SMILES string of the molecule is CCc1nc2cccc(C(=O)O)c2n1C1CCCNC1=O. The van der Waals surface area contributed by atoms with Gasteiger partial charge in [0.2, 0.25) is 5.91 Å². The van der Waals surface area contributed by atoms with E-state index in [1.807, 2.05) is 11.5 Å². The van der Waals surface area contributed by atoms with Crippen LogP contribution in [-0.2, 0) is 11.2 Å². The topological polar surface area (TPSA) is 84.2 Å². The molecule has 0 saturated carbocycles. The van der Waals surface area contributed by atoms with Gasteiger partial charge in [-0.2, -0.15) is 0 Å². The van der Waals surface area contributed by atoms with Crippen LogP contribution < -0.4 is 5.32 Å². The van der Waals surface area contributed by atoms with Crippen LogP contribution in [-0.4, -0.2) is 33.1 Å². The Morgan fingerprint density at radius 2 is 2.33 bits per heavy atom. The predicted molar refractivity (Wildman–Crippen MR) is 77.4 cm³/mol. The van der Waals surface area contributed by atoms with Crippen molar-refractivity contribution in [3.63, 3.8) is 0 Å². The van der Waals surface area contributed by atoms with Crippen LogP contribution in [0.2, 0.25) is 0 Å². The average molecular weight is 287 g/mol. The van der Waals surface area contributed by atoms with E-state index in [0.717, 1.165) is 12.2 Å². The van der Waals surface area contributed by atoms with Crippen molar-refractivity contribution >= 4 is 22.9 Å². The molecule has 1 aliphatic heterocycles. The molecule has 1 fully saturated rings. The van der Waals surface area contributed by atoms with Crippen molar-refractivity contribution in [2.45, 2.75) is 32.2 Å². The lowest BCUT2D eigenvalue weighted by atomic mass is 10.1. The standard InChI is InChI=1S/C15H17N3O3/c1-2-12-17-10-6-3-5-9(15(20)21)13(10)18(12)11-7-4-8-16-14(11)19/h3,5-6,11H,2,4,7-8H2,1H3,(H,16,19)(H,20,21). The van der Waals surface area contributed by atoms with Crippen molar-refractivity contribution in [3.8, 4) is 0 Å². The molecule has 0 spiro atoms. The van der Waals surface area contributed by atoms with Gasteiger partial charge in [-0.1, -0.05) is 13.0 Å². The molecule has 1 aromatic carbocycles. The Morgan fingerprint density at radius 1 is 1.52 bits per heavy atom. The van der Waals surface area contributed by atoms with Gasteiger partial charge < -0.3 is 15.0 Å². The Kier molecular flexibility index (Phi) is 3.37. The minimum Gasteiger partial charge on any atom is -0.478 e. The number of piperidine rings is 1. The van der Waals surface area contributed by atoms with Crippen molar-refractivity contribution in [3.05, 3.63) is 29.6 Å². The smallest absolute Gasteiger partial charge is 0.337 e. The number of nitrogens with zero attached hydrogens (tertiary/aromatic N) is 2. The van der Waals surface area contributed by atoms with Gasteiger partial charge in [0.15, 0.2) is 0 Å².